The minimum absolute atomic E-state index is 0.506. The van der Waals surface area contributed by atoms with Crippen LogP contribution in [0.25, 0.3) is 27.5 Å². The predicted molar refractivity (Wildman–Crippen MR) is 95.3 cm³/mol. The molecule has 112 valence electrons. The van der Waals surface area contributed by atoms with Crippen LogP contribution in [0.1, 0.15) is 5.56 Å². The van der Waals surface area contributed by atoms with E-state index in [2.05, 4.69) is 41.8 Å². The Labute approximate surface area is 134 Å². The first-order valence-corrected chi connectivity index (χ1v) is 7.61. The minimum atomic E-state index is -1.46. The number of aromatic nitrogens is 1. The summed E-state index contributed by atoms with van der Waals surface area (Å²) in [5.74, 6) is 0. The molecule has 1 aromatic heterocycles. The summed E-state index contributed by atoms with van der Waals surface area (Å²) in [6.45, 7) is 2.07. The van der Waals surface area contributed by atoms with E-state index in [1.54, 1.807) is 6.07 Å². The summed E-state index contributed by atoms with van der Waals surface area (Å²) in [6, 6.07) is 22.1. The minimum Gasteiger partial charge on any atom is -0.423 e. The smallest absolute Gasteiger partial charge is 0.423 e. The monoisotopic (exact) mass is 301 g/mol. The van der Waals surface area contributed by atoms with Gasteiger partial charge in [0.15, 0.2) is 0 Å². The van der Waals surface area contributed by atoms with Crippen molar-refractivity contribution < 1.29 is 10.0 Å². The molecule has 4 rings (SSSR count). The van der Waals surface area contributed by atoms with Crippen LogP contribution in [0.2, 0.25) is 0 Å². The van der Waals surface area contributed by atoms with Crippen LogP contribution in [0, 0.1) is 6.92 Å². The Bertz CT molecular complexity index is 1010. The summed E-state index contributed by atoms with van der Waals surface area (Å²) in [5, 5.41) is 21.1. The number of aryl methyl sites for hydroxylation is 1. The molecule has 2 N–H and O–H groups in total. The molecule has 0 fully saturated rings. The van der Waals surface area contributed by atoms with E-state index < -0.39 is 7.12 Å². The first-order valence-electron chi connectivity index (χ1n) is 7.61. The fourth-order valence-corrected chi connectivity index (χ4v) is 3.17. The molecule has 0 aliphatic heterocycles. The molecule has 0 aliphatic rings. The molecule has 1 heterocycles. The molecule has 23 heavy (non-hydrogen) atoms. The third-order valence-corrected chi connectivity index (χ3v) is 4.26. The lowest BCUT2D eigenvalue weighted by Crippen LogP contribution is -2.29. The first kappa shape index (κ1) is 14.1. The van der Waals surface area contributed by atoms with Gasteiger partial charge in [-0.15, -0.1) is 0 Å². The second kappa shape index (κ2) is 5.27. The maximum atomic E-state index is 9.48. The highest BCUT2D eigenvalue weighted by Gasteiger charge is 2.16. The highest BCUT2D eigenvalue weighted by molar-refractivity contribution is 6.59. The molecule has 0 bridgehead atoms. The van der Waals surface area contributed by atoms with Gasteiger partial charge >= 0.3 is 7.12 Å². The Balaban J connectivity index is 2.16. The second-order valence-corrected chi connectivity index (χ2v) is 5.84. The van der Waals surface area contributed by atoms with Crippen LogP contribution in [-0.4, -0.2) is 21.7 Å². The van der Waals surface area contributed by atoms with E-state index in [1.165, 1.54) is 5.56 Å². The molecular formula is C19H16BNO2. The van der Waals surface area contributed by atoms with Gasteiger partial charge in [0.1, 0.15) is 0 Å². The summed E-state index contributed by atoms with van der Waals surface area (Å²) >= 11 is 0. The Morgan fingerprint density at radius 2 is 1.43 bits per heavy atom. The van der Waals surface area contributed by atoms with E-state index in [9.17, 15) is 10.0 Å². The fraction of sp³-hybridized carbons (Fsp3) is 0.0526. The lowest BCUT2D eigenvalue weighted by molar-refractivity contribution is 0.426. The van der Waals surface area contributed by atoms with E-state index in [4.69, 9.17) is 0 Å². The number of nitrogens with zero attached hydrogens (tertiary/aromatic N) is 1. The van der Waals surface area contributed by atoms with Gasteiger partial charge in [-0.05, 0) is 42.7 Å². The first-order chi connectivity index (χ1) is 11.1. The van der Waals surface area contributed by atoms with E-state index in [0.717, 1.165) is 27.5 Å². The normalized spacial score (nSPS) is 11.3. The Morgan fingerprint density at radius 3 is 2.13 bits per heavy atom. The summed E-state index contributed by atoms with van der Waals surface area (Å²) in [7, 11) is -1.46. The summed E-state index contributed by atoms with van der Waals surface area (Å²) < 4.78 is 2.21. The third kappa shape index (κ3) is 2.24. The third-order valence-electron chi connectivity index (χ3n) is 4.26. The summed E-state index contributed by atoms with van der Waals surface area (Å²) in [5.41, 5.74) is 4.95. The quantitative estimate of drug-likeness (QED) is 0.559. The maximum Gasteiger partial charge on any atom is 0.488 e. The largest absolute Gasteiger partial charge is 0.488 e. The van der Waals surface area contributed by atoms with Crippen LogP contribution in [0.4, 0.5) is 0 Å². The van der Waals surface area contributed by atoms with Crippen molar-refractivity contribution in [3.8, 4) is 5.69 Å². The van der Waals surface area contributed by atoms with Gasteiger partial charge in [0.05, 0.1) is 11.0 Å². The number of hydrogen-bond donors (Lipinski definition) is 2. The van der Waals surface area contributed by atoms with Gasteiger partial charge < -0.3 is 14.6 Å². The second-order valence-electron chi connectivity index (χ2n) is 5.84. The molecule has 4 aromatic rings. The van der Waals surface area contributed by atoms with E-state index >= 15 is 0 Å². The lowest BCUT2D eigenvalue weighted by atomic mass is 9.80. The van der Waals surface area contributed by atoms with Crippen molar-refractivity contribution in [3.63, 3.8) is 0 Å². The maximum absolute atomic E-state index is 9.48. The Kier molecular flexibility index (Phi) is 3.22. The van der Waals surface area contributed by atoms with Crippen molar-refractivity contribution in [2.75, 3.05) is 0 Å². The average molecular weight is 301 g/mol. The fourth-order valence-electron chi connectivity index (χ4n) is 3.17. The van der Waals surface area contributed by atoms with E-state index in [-0.39, 0.29) is 0 Å². The molecular weight excluding hydrogens is 285 g/mol. The number of rotatable bonds is 2. The van der Waals surface area contributed by atoms with Gasteiger partial charge in [-0.3, -0.25) is 0 Å². The molecule has 0 radical (unpaired) electrons. The molecule has 0 amide bonds. The zero-order valence-electron chi connectivity index (χ0n) is 12.8. The molecule has 0 saturated carbocycles. The van der Waals surface area contributed by atoms with Crippen LogP contribution < -0.4 is 5.46 Å². The van der Waals surface area contributed by atoms with Crippen LogP contribution in [0.5, 0.6) is 0 Å². The average Bonchev–Trinajstić information content (AvgIpc) is 2.88. The number of hydrogen-bond acceptors (Lipinski definition) is 2. The van der Waals surface area contributed by atoms with Crippen LogP contribution >= 0.6 is 0 Å². The van der Waals surface area contributed by atoms with Crippen LogP contribution in [-0.2, 0) is 0 Å². The number of benzene rings is 3. The predicted octanol–water partition coefficient (Wildman–Crippen LogP) is 2.77. The van der Waals surface area contributed by atoms with Gasteiger partial charge in [-0.2, -0.15) is 0 Å². The molecule has 0 unspecified atom stereocenters. The molecule has 3 aromatic carbocycles. The van der Waals surface area contributed by atoms with Crippen molar-refractivity contribution in [2.24, 2.45) is 0 Å². The highest BCUT2D eigenvalue weighted by atomic mass is 16.4. The molecule has 0 atom stereocenters. The number of fused-ring (bicyclic) bond motifs is 3. The molecule has 0 saturated heterocycles. The van der Waals surface area contributed by atoms with Gasteiger partial charge in [0.2, 0.25) is 0 Å². The van der Waals surface area contributed by atoms with Crippen molar-refractivity contribution in [3.05, 3.63) is 72.3 Å². The number of para-hydroxylation sites is 1. The van der Waals surface area contributed by atoms with Crippen molar-refractivity contribution >= 4 is 34.4 Å². The topological polar surface area (TPSA) is 45.4 Å². The van der Waals surface area contributed by atoms with Crippen molar-refractivity contribution in [1.82, 2.24) is 4.57 Å². The molecule has 3 nitrogen and oxygen atoms in total. The Hall–Kier alpha value is -2.56. The zero-order chi connectivity index (χ0) is 16.0. The highest BCUT2D eigenvalue weighted by Crippen LogP contribution is 2.32. The lowest BCUT2D eigenvalue weighted by Gasteiger charge is -2.07. The van der Waals surface area contributed by atoms with Gasteiger partial charge in [0.25, 0.3) is 0 Å². The van der Waals surface area contributed by atoms with Crippen LogP contribution in [0.3, 0.4) is 0 Å². The van der Waals surface area contributed by atoms with Gasteiger partial charge in [-0.25, -0.2) is 0 Å². The SMILES string of the molecule is Cc1ccc2c(c1)c1cc(B(O)O)ccc1n2-c1ccccc1. The Morgan fingerprint density at radius 1 is 0.783 bits per heavy atom. The van der Waals surface area contributed by atoms with Gasteiger partial charge in [-0.1, -0.05) is 42.0 Å². The standard InChI is InChI=1S/C19H16BNO2/c1-13-7-9-18-16(11-13)17-12-14(20(22)23)8-10-19(17)21(18)15-5-3-2-4-6-15/h2-12,22-23H,1H3. The van der Waals surface area contributed by atoms with Crippen LogP contribution in [0.15, 0.2) is 66.7 Å². The summed E-state index contributed by atoms with van der Waals surface area (Å²) in [6.07, 6.45) is 0. The van der Waals surface area contributed by atoms with Crippen molar-refractivity contribution in [2.45, 2.75) is 6.92 Å². The van der Waals surface area contributed by atoms with E-state index in [1.807, 2.05) is 30.3 Å². The van der Waals surface area contributed by atoms with Crippen molar-refractivity contribution in [1.29, 1.82) is 0 Å². The molecule has 4 heteroatoms. The molecule has 0 aliphatic carbocycles. The zero-order valence-corrected chi connectivity index (χ0v) is 12.8. The molecule has 0 spiro atoms. The van der Waals surface area contributed by atoms with Gasteiger partial charge in [0, 0.05) is 16.5 Å². The summed E-state index contributed by atoms with van der Waals surface area (Å²) in [4.78, 5) is 0. The van der Waals surface area contributed by atoms with E-state index in [0.29, 0.717) is 5.46 Å².